The van der Waals surface area contributed by atoms with Gasteiger partial charge in [0, 0.05) is 6.54 Å². The largest absolute Gasteiger partial charge is 0.454 e. The summed E-state index contributed by atoms with van der Waals surface area (Å²) < 4.78 is 50.6. The van der Waals surface area contributed by atoms with Crippen LogP contribution in [0, 0.1) is 17.5 Å². The lowest BCUT2D eigenvalue weighted by Gasteiger charge is -2.09. The molecule has 0 fully saturated rings. The summed E-state index contributed by atoms with van der Waals surface area (Å²) in [5.74, 6) is -2.57. The van der Waals surface area contributed by atoms with Crippen LogP contribution >= 0.6 is 0 Å². The molecule has 1 aliphatic rings. The molecule has 4 rings (SSSR count). The van der Waals surface area contributed by atoms with E-state index in [1.165, 1.54) is 6.20 Å². The number of halogens is 3. The lowest BCUT2D eigenvalue weighted by Crippen LogP contribution is -2.07. The summed E-state index contributed by atoms with van der Waals surface area (Å²) in [6.07, 6.45) is 1.23. The summed E-state index contributed by atoms with van der Waals surface area (Å²) in [6.45, 7) is 0.564. The van der Waals surface area contributed by atoms with E-state index >= 15 is 0 Å². The number of anilines is 3. The van der Waals surface area contributed by atoms with Gasteiger partial charge in [0.25, 0.3) is 0 Å². The van der Waals surface area contributed by atoms with Crippen molar-refractivity contribution in [3.63, 3.8) is 0 Å². The second kappa shape index (κ2) is 6.98. The number of ether oxygens (including phenoxy) is 2. The van der Waals surface area contributed by atoms with Crippen molar-refractivity contribution in [2.75, 3.05) is 17.4 Å². The van der Waals surface area contributed by atoms with Crippen molar-refractivity contribution in [1.82, 2.24) is 15.2 Å². The predicted molar refractivity (Wildman–Crippen MR) is 89.3 cm³/mol. The predicted octanol–water partition coefficient (Wildman–Crippen LogP) is 3.37. The zero-order valence-corrected chi connectivity index (χ0v) is 13.7. The van der Waals surface area contributed by atoms with E-state index < -0.39 is 17.5 Å². The molecule has 1 aliphatic heterocycles. The molecule has 0 spiro atoms. The Labute approximate surface area is 151 Å². The maximum atomic E-state index is 13.7. The minimum atomic E-state index is -1.57. The van der Waals surface area contributed by atoms with Gasteiger partial charge in [0.1, 0.15) is 0 Å². The average Bonchev–Trinajstić information content (AvgIpc) is 3.15. The highest BCUT2D eigenvalue weighted by atomic mass is 19.2. The van der Waals surface area contributed by atoms with Crippen LogP contribution in [0.5, 0.6) is 11.5 Å². The highest BCUT2D eigenvalue weighted by Crippen LogP contribution is 2.32. The molecule has 3 aromatic rings. The smallest absolute Gasteiger partial charge is 0.244 e. The molecule has 27 heavy (non-hydrogen) atoms. The van der Waals surface area contributed by atoms with E-state index in [4.69, 9.17) is 9.47 Å². The molecule has 10 heteroatoms. The lowest BCUT2D eigenvalue weighted by molar-refractivity contribution is 0.174. The Morgan fingerprint density at radius 3 is 2.74 bits per heavy atom. The molecule has 0 unspecified atom stereocenters. The number of fused-ring (bicyclic) bond motifs is 1. The van der Waals surface area contributed by atoms with Crippen LogP contribution in [0.2, 0.25) is 0 Å². The molecule has 0 bridgehead atoms. The van der Waals surface area contributed by atoms with Crippen LogP contribution in [-0.2, 0) is 6.54 Å². The van der Waals surface area contributed by atoms with E-state index in [2.05, 4.69) is 25.8 Å². The Morgan fingerprint density at radius 1 is 1.00 bits per heavy atom. The molecule has 7 nitrogen and oxygen atoms in total. The number of nitrogens with one attached hydrogen (secondary N) is 2. The standard InChI is InChI=1S/C17H12F3N5O2/c18-10-2-3-11(16(20)15(10)19)23-14-7-22-25-17(24-14)21-6-9-1-4-12-13(5-9)27-8-26-12/h1-5,7H,6,8H2,(H2,21,23,24,25). The molecule has 2 N–H and O–H groups in total. The minimum absolute atomic E-state index is 0.114. The molecule has 0 aliphatic carbocycles. The Hall–Kier alpha value is -3.56. The Kier molecular flexibility index (Phi) is 4.37. The van der Waals surface area contributed by atoms with Crippen molar-refractivity contribution >= 4 is 17.5 Å². The van der Waals surface area contributed by atoms with Gasteiger partial charge in [-0.2, -0.15) is 10.1 Å². The van der Waals surface area contributed by atoms with Crippen molar-refractivity contribution in [2.45, 2.75) is 6.54 Å². The maximum absolute atomic E-state index is 13.7. The topological polar surface area (TPSA) is 81.2 Å². The van der Waals surface area contributed by atoms with Crippen LogP contribution in [0.4, 0.5) is 30.6 Å². The summed E-state index contributed by atoms with van der Waals surface area (Å²) in [5.41, 5.74) is 0.629. The van der Waals surface area contributed by atoms with Gasteiger partial charge in [-0.3, -0.25) is 0 Å². The first-order valence-electron chi connectivity index (χ1n) is 7.83. The van der Waals surface area contributed by atoms with Gasteiger partial charge in [0.05, 0.1) is 11.9 Å². The van der Waals surface area contributed by atoms with Gasteiger partial charge in [0.15, 0.2) is 34.8 Å². The molecular weight excluding hydrogens is 363 g/mol. The second-order valence-corrected chi connectivity index (χ2v) is 5.55. The zero-order chi connectivity index (χ0) is 18.8. The minimum Gasteiger partial charge on any atom is -0.454 e. The summed E-state index contributed by atoms with van der Waals surface area (Å²) >= 11 is 0. The Balaban J connectivity index is 1.46. The van der Waals surface area contributed by atoms with E-state index in [1.807, 2.05) is 12.1 Å². The molecule has 0 saturated carbocycles. The van der Waals surface area contributed by atoms with Crippen LogP contribution in [0.1, 0.15) is 5.56 Å². The number of hydrogen-bond donors (Lipinski definition) is 2. The Bertz CT molecular complexity index is 1000. The highest BCUT2D eigenvalue weighted by molar-refractivity contribution is 5.57. The molecule has 2 aromatic carbocycles. The van der Waals surface area contributed by atoms with Crippen molar-refractivity contribution in [3.05, 3.63) is 59.5 Å². The first kappa shape index (κ1) is 16.9. The summed E-state index contributed by atoms with van der Waals surface area (Å²) in [7, 11) is 0. The van der Waals surface area contributed by atoms with Gasteiger partial charge in [-0.05, 0) is 29.8 Å². The van der Waals surface area contributed by atoms with E-state index in [1.54, 1.807) is 6.07 Å². The van der Waals surface area contributed by atoms with Crippen molar-refractivity contribution in [1.29, 1.82) is 0 Å². The van der Waals surface area contributed by atoms with Gasteiger partial charge < -0.3 is 20.1 Å². The number of benzene rings is 2. The number of nitrogens with zero attached hydrogens (tertiary/aromatic N) is 3. The van der Waals surface area contributed by atoms with E-state index in [0.717, 1.165) is 17.7 Å². The van der Waals surface area contributed by atoms with Crippen molar-refractivity contribution in [2.24, 2.45) is 0 Å². The normalized spacial score (nSPS) is 12.1. The number of rotatable bonds is 5. The first-order chi connectivity index (χ1) is 13.1. The van der Waals surface area contributed by atoms with Crippen LogP contribution < -0.4 is 20.1 Å². The van der Waals surface area contributed by atoms with Crippen molar-refractivity contribution in [3.8, 4) is 11.5 Å². The monoisotopic (exact) mass is 375 g/mol. The van der Waals surface area contributed by atoms with E-state index in [9.17, 15) is 13.2 Å². The molecule has 0 amide bonds. The molecule has 1 aromatic heterocycles. The van der Waals surface area contributed by atoms with Crippen LogP contribution in [0.3, 0.4) is 0 Å². The molecule has 0 atom stereocenters. The third-order valence-electron chi connectivity index (χ3n) is 3.74. The highest BCUT2D eigenvalue weighted by Gasteiger charge is 2.15. The lowest BCUT2D eigenvalue weighted by atomic mass is 10.2. The second-order valence-electron chi connectivity index (χ2n) is 5.55. The SMILES string of the molecule is Fc1ccc(Nc2cnnc(NCc3ccc4c(c3)OCO4)n2)c(F)c1F. The third kappa shape index (κ3) is 3.54. The van der Waals surface area contributed by atoms with E-state index in [-0.39, 0.29) is 24.2 Å². The third-order valence-corrected chi connectivity index (χ3v) is 3.74. The van der Waals surface area contributed by atoms with E-state index in [0.29, 0.717) is 18.0 Å². The maximum Gasteiger partial charge on any atom is 0.244 e. The first-order valence-corrected chi connectivity index (χ1v) is 7.83. The van der Waals surface area contributed by atoms with Gasteiger partial charge in [0.2, 0.25) is 12.7 Å². The fourth-order valence-corrected chi connectivity index (χ4v) is 2.43. The summed E-state index contributed by atoms with van der Waals surface area (Å²) in [4.78, 5) is 4.11. The van der Waals surface area contributed by atoms with Crippen LogP contribution in [0.25, 0.3) is 0 Å². The van der Waals surface area contributed by atoms with Crippen LogP contribution in [0.15, 0.2) is 36.5 Å². The molecule has 0 saturated heterocycles. The fourth-order valence-electron chi connectivity index (χ4n) is 2.43. The number of aromatic nitrogens is 3. The molecule has 0 radical (unpaired) electrons. The van der Waals surface area contributed by atoms with Gasteiger partial charge >= 0.3 is 0 Å². The fraction of sp³-hybridized carbons (Fsp3) is 0.118. The molecule has 2 heterocycles. The average molecular weight is 375 g/mol. The molecule has 138 valence electrons. The Morgan fingerprint density at radius 2 is 1.85 bits per heavy atom. The zero-order valence-electron chi connectivity index (χ0n) is 13.7. The van der Waals surface area contributed by atoms with Gasteiger partial charge in [-0.15, -0.1) is 5.10 Å². The summed E-state index contributed by atoms with van der Waals surface area (Å²) in [5, 5.41) is 13.1. The molecular formula is C17H12F3N5O2. The summed E-state index contributed by atoms with van der Waals surface area (Å²) in [6, 6.07) is 7.35. The van der Waals surface area contributed by atoms with Gasteiger partial charge in [-0.1, -0.05) is 6.07 Å². The van der Waals surface area contributed by atoms with Crippen LogP contribution in [-0.4, -0.2) is 22.0 Å². The number of hydrogen-bond acceptors (Lipinski definition) is 7. The quantitative estimate of drug-likeness (QED) is 0.662. The van der Waals surface area contributed by atoms with Gasteiger partial charge in [-0.25, -0.2) is 13.2 Å². The van der Waals surface area contributed by atoms with Crippen molar-refractivity contribution < 1.29 is 22.6 Å².